The van der Waals surface area contributed by atoms with Crippen LogP contribution in [0.3, 0.4) is 0 Å². The fourth-order valence-electron chi connectivity index (χ4n) is 1.32. The first kappa shape index (κ1) is 16.2. The van der Waals surface area contributed by atoms with Crippen LogP contribution in [0, 0.1) is 0 Å². The molecule has 0 fully saturated rings. The molecule has 0 bridgehead atoms. The molecular weight excluding hydrogens is 287 g/mol. The van der Waals surface area contributed by atoms with Crippen LogP contribution >= 0.6 is 12.2 Å². The first-order valence-electron chi connectivity index (χ1n) is 5.71. The summed E-state index contributed by atoms with van der Waals surface area (Å²) in [6.07, 6.45) is -2.75. The van der Waals surface area contributed by atoms with Crippen molar-refractivity contribution in [1.29, 1.82) is 0 Å². The van der Waals surface area contributed by atoms with Crippen LogP contribution in [0.2, 0.25) is 0 Å². The van der Waals surface area contributed by atoms with Crippen molar-refractivity contribution < 1.29 is 13.2 Å². The molecule has 2 N–H and O–H groups in total. The van der Waals surface area contributed by atoms with E-state index in [2.05, 4.69) is 22.4 Å². The Morgan fingerprint density at radius 1 is 1.45 bits per heavy atom. The highest BCUT2D eigenvalue weighted by atomic mass is 32.1. The largest absolute Gasteiger partial charge is 0.416 e. The summed E-state index contributed by atoms with van der Waals surface area (Å²) in [6.45, 7) is 5.59. The third-order valence-corrected chi connectivity index (χ3v) is 2.58. The van der Waals surface area contributed by atoms with Gasteiger partial charge in [-0.15, -0.1) is 6.58 Å². The van der Waals surface area contributed by atoms with Gasteiger partial charge in [-0.3, -0.25) is 5.43 Å². The van der Waals surface area contributed by atoms with E-state index in [0.29, 0.717) is 17.8 Å². The molecule has 0 aliphatic carbocycles. The Morgan fingerprint density at radius 2 is 2.15 bits per heavy atom. The molecule has 108 valence electrons. The van der Waals surface area contributed by atoms with E-state index in [1.165, 1.54) is 6.07 Å². The van der Waals surface area contributed by atoms with Crippen LogP contribution in [-0.4, -0.2) is 17.4 Å². The molecule has 1 rings (SSSR count). The van der Waals surface area contributed by atoms with Gasteiger partial charge in [0.1, 0.15) is 0 Å². The first-order chi connectivity index (χ1) is 9.34. The Morgan fingerprint density at radius 3 is 2.75 bits per heavy atom. The van der Waals surface area contributed by atoms with Gasteiger partial charge in [0.25, 0.3) is 0 Å². The van der Waals surface area contributed by atoms with Gasteiger partial charge in [-0.05, 0) is 36.8 Å². The van der Waals surface area contributed by atoms with Crippen molar-refractivity contribution in [2.24, 2.45) is 5.10 Å². The normalized spacial score (nSPS) is 11.9. The summed E-state index contributed by atoms with van der Waals surface area (Å²) in [4.78, 5) is 0. The highest BCUT2D eigenvalue weighted by Crippen LogP contribution is 2.29. The van der Waals surface area contributed by atoms with Gasteiger partial charge in [0.05, 0.1) is 11.3 Å². The zero-order valence-electron chi connectivity index (χ0n) is 10.8. The molecule has 0 spiro atoms. The fraction of sp³-hybridized carbons (Fsp3) is 0.231. The lowest BCUT2D eigenvalue weighted by Gasteiger charge is -2.09. The highest BCUT2D eigenvalue weighted by Gasteiger charge is 2.30. The maximum Gasteiger partial charge on any atom is 0.416 e. The summed E-state index contributed by atoms with van der Waals surface area (Å²) < 4.78 is 37.8. The van der Waals surface area contributed by atoms with Crippen LogP contribution in [0.15, 0.2) is 42.0 Å². The van der Waals surface area contributed by atoms with Crippen LogP contribution in [-0.2, 0) is 6.18 Å². The van der Waals surface area contributed by atoms with Gasteiger partial charge in [-0.25, -0.2) is 0 Å². The summed E-state index contributed by atoms with van der Waals surface area (Å²) in [5, 5.41) is 7.00. The van der Waals surface area contributed by atoms with E-state index in [0.717, 1.165) is 12.1 Å². The smallest absolute Gasteiger partial charge is 0.358 e. The Labute approximate surface area is 120 Å². The monoisotopic (exact) mass is 301 g/mol. The molecule has 7 heteroatoms. The quantitative estimate of drug-likeness (QED) is 0.388. The molecule has 0 amide bonds. The molecule has 0 saturated heterocycles. The number of rotatable bonds is 4. The van der Waals surface area contributed by atoms with Gasteiger partial charge in [0, 0.05) is 6.54 Å². The second-order valence-electron chi connectivity index (χ2n) is 3.89. The van der Waals surface area contributed by atoms with Crippen LogP contribution < -0.4 is 10.7 Å². The topological polar surface area (TPSA) is 36.4 Å². The maximum atomic E-state index is 12.6. The van der Waals surface area contributed by atoms with Crippen molar-refractivity contribution in [2.45, 2.75) is 13.1 Å². The number of hydrazone groups is 1. The second-order valence-corrected chi connectivity index (χ2v) is 4.29. The molecule has 20 heavy (non-hydrogen) atoms. The molecule has 0 heterocycles. The predicted molar refractivity (Wildman–Crippen MR) is 77.6 cm³/mol. The zero-order chi connectivity index (χ0) is 15.2. The molecule has 1 aromatic rings. The number of nitrogens with zero attached hydrogens (tertiary/aromatic N) is 1. The number of alkyl halides is 3. The van der Waals surface area contributed by atoms with Crippen molar-refractivity contribution in [1.82, 2.24) is 10.7 Å². The number of halogens is 3. The van der Waals surface area contributed by atoms with Crippen molar-refractivity contribution in [3.05, 3.63) is 48.0 Å². The van der Waals surface area contributed by atoms with Crippen molar-refractivity contribution >= 4 is 23.0 Å². The summed E-state index contributed by atoms with van der Waals surface area (Å²) in [5.74, 6) is 0. The Hall–Kier alpha value is -1.89. The molecule has 0 radical (unpaired) electrons. The Balaban J connectivity index is 2.79. The van der Waals surface area contributed by atoms with Gasteiger partial charge in [-0.1, -0.05) is 18.2 Å². The van der Waals surface area contributed by atoms with E-state index in [-0.39, 0.29) is 5.11 Å². The number of benzene rings is 1. The van der Waals surface area contributed by atoms with E-state index < -0.39 is 11.7 Å². The zero-order valence-corrected chi connectivity index (χ0v) is 11.6. The maximum absolute atomic E-state index is 12.6. The van der Waals surface area contributed by atoms with E-state index >= 15 is 0 Å². The van der Waals surface area contributed by atoms with Gasteiger partial charge in [-0.2, -0.15) is 18.3 Å². The summed E-state index contributed by atoms with van der Waals surface area (Å²) in [7, 11) is 0. The SMILES string of the molecule is C=CCNC(=S)N/N=C(\C)c1cccc(C(F)(F)F)c1. The molecule has 3 nitrogen and oxygen atoms in total. The Kier molecular flexibility index (Phi) is 5.69. The standard InChI is InChI=1S/C13H14F3N3S/c1-3-7-17-12(20)19-18-9(2)10-5-4-6-11(8-10)13(14,15)16/h3-6,8H,1,7H2,2H3,(H2,17,19,20)/b18-9+. The first-order valence-corrected chi connectivity index (χ1v) is 6.12. The molecular formula is C13H14F3N3S. The summed E-state index contributed by atoms with van der Waals surface area (Å²) in [6, 6.07) is 4.95. The predicted octanol–water partition coefficient (Wildman–Crippen LogP) is 3.08. The third-order valence-electron chi connectivity index (χ3n) is 2.34. The van der Waals surface area contributed by atoms with Crippen LogP contribution in [0.25, 0.3) is 0 Å². The van der Waals surface area contributed by atoms with Gasteiger partial charge < -0.3 is 5.32 Å². The minimum Gasteiger partial charge on any atom is -0.358 e. The minimum absolute atomic E-state index is 0.274. The van der Waals surface area contributed by atoms with Gasteiger partial charge in [0.2, 0.25) is 0 Å². The van der Waals surface area contributed by atoms with Gasteiger partial charge in [0.15, 0.2) is 5.11 Å². The minimum atomic E-state index is -4.37. The molecule has 0 aliphatic heterocycles. The van der Waals surface area contributed by atoms with E-state index in [1.807, 2.05) is 0 Å². The van der Waals surface area contributed by atoms with E-state index in [9.17, 15) is 13.2 Å². The van der Waals surface area contributed by atoms with E-state index in [4.69, 9.17) is 12.2 Å². The lowest BCUT2D eigenvalue weighted by Crippen LogP contribution is -2.32. The average Bonchev–Trinajstić information content (AvgIpc) is 2.41. The van der Waals surface area contributed by atoms with Crippen LogP contribution in [0.1, 0.15) is 18.1 Å². The molecule has 0 saturated carbocycles. The highest BCUT2D eigenvalue weighted by molar-refractivity contribution is 7.80. The molecule has 0 atom stereocenters. The Bertz CT molecular complexity index is 524. The molecule has 0 aromatic heterocycles. The van der Waals surface area contributed by atoms with Crippen molar-refractivity contribution in [2.75, 3.05) is 6.54 Å². The number of hydrogen-bond acceptors (Lipinski definition) is 2. The number of nitrogens with one attached hydrogen (secondary N) is 2. The third kappa shape index (κ3) is 5.00. The van der Waals surface area contributed by atoms with Crippen molar-refractivity contribution in [3.8, 4) is 0 Å². The molecule has 1 aromatic carbocycles. The lowest BCUT2D eigenvalue weighted by molar-refractivity contribution is -0.137. The summed E-state index contributed by atoms with van der Waals surface area (Å²) >= 11 is 4.92. The fourth-order valence-corrected chi connectivity index (χ4v) is 1.45. The lowest BCUT2D eigenvalue weighted by atomic mass is 10.1. The second kappa shape index (κ2) is 7.04. The van der Waals surface area contributed by atoms with E-state index in [1.54, 1.807) is 19.1 Å². The summed E-state index contributed by atoms with van der Waals surface area (Å²) in [5.41, 5.74) is 2.62. The van der Waals surface area contributed by atoms with Crippen LogP contribution in [0.5, 0.6) is 0 Å². The van der Waals surface area contributed by atoms with Crippen LogP contribution in [0.4, 0.5) is 13.2 Å². The average molecular weight is 301 g/mol. The van der Waals surface area contributed by atoms with Crippen molar-refractivity contribution in [3.63, 3.8) is 0 Å². The van der Waals surface area contributed by atoms with Gasteiger partial charge >= 0.3 is 6.18 Å². The molecule has 0 unspecified atom stereocenters. The number of hydrogen-bond donors (Lipinski definition) is 2. The molecule has 0 aliphatic rings. The number of thiocarbonyl (C=S) groups is 1.